The first kappa shape index (κ1) is 10.8. The van der Waals surface area contributed by atoms with E-state index in [-0.39, 0.29) is 11.8 Å². The standard InChI is InChI=1S/C14H12N2O2/c17-13-12-7-4-8-16(12)14(18)11(15-13)9-10-5-2-1-3-6-10/h1-8,11H,9H2,(H,15,17). The zero-order chi connectivity index (χ0) is 12.5. The third-order valence-corrected chi connectivity index (χ3v) is 3.10. The minimum absolute atomic E-state index is 0.0848. The molecule has 4 nitrogen and oxygen atoms in total. The van der Waals surface area contributed by atoms with Gasteiger partial charge in [0.1, 0.15) is 11.7 Å². The summed E-state index contributed by atoms with van der Waals surface area (Å²) in [5, 5.41) is 2.75. The van der Waals surface area contributed by atoms with Crippen LogP contribution < -0.4 is 5.32 Å². The van der Waals surface area contributed by atoms with Crippen molar-refractivity contribution in [2.75, 3.05) is 0 Å². The Balaban J connectivity index is 1.88. The molecule has 1 aromatic heterocycles. The third kappa shape index (κ3) is 1.72. The zero-order valence-electron chi connectivity index (χ0n) is 9.67. The summed E-state index contributed by atoms with van der Waals surface area (Å²) in [5.74, 6) is -0.279. The van der Waals surface area contributed by atoms with Crippen molar-refractivity contribution in [1.29, 1.82) is 0 Å². The summed E-state index contributed by atoms with van der Waals surface area (Å²) in [6.45, 7) is 0. The maximum Gasteiger partial charge on any atom is 0.269 e. The van der Waals surface area contributed by atoms with Crippen molar-refractivity contribution >= 4 is 11.8 Å². The van der Waals surface area contributed by atoms with Gasteiger partial charge in [0.15, 0.2) is 0 Å². The first-order valence-electron chi connectivity index (χ1n) is 5.82. The molecule has 0 saturated carbocycles. The Kier molecular flexibility index (Phi) is 2.48. The highest BCUT2D eigenvalue weighted by Gasteiger charge is 2.30. The summed E-state index contributed by atoms with van der Waals surface area (Å²) in [6, 6.07) is 12.5. The molecule has 0 bridgehead atoms. The normalized spacial score (nSPS) is 18.3. The number of rotatable bonds is 2. The van der Waals surface area contributed by atoms with E-state index >= 15 is 0 Å². The largest absolute Gasteiger partial charge is 0.339 e. The molecule has 2 heterocycles. The molecule has 3 rings (SSSR count). The number of hydrogen-bond donors (Lipinski definition) is 1. The molecule has 0 radical (unpaired) electrons. The van der Waals surface area contributed by atoms with Gasteiger partial charge in [0.2, 0.25) is 0 Å². The number of nitrogens with one attached hydrogen (secondary N) is 1. The van der Waals surface area contributed by atoms with E-state index in [1.807, 2.05) is 30.3 Å². The average Bonchev–Trinajstić information content (AvgIpc) is 2.87. The summed E-state index contributed by atoms with van der Waals surface area (Å²) >= 11 is 0. The predicted molar refractivity (Wildman–Crippen MR) is 66.5 cm³/mol. The van der Waals surface area contributed by atoms with E-state index in [0.29, 0.717) is 12.1 Å². The second kappa shape index (κ2) is 4.14. The molecule has 1 unspecified atom stereocenters. The van der Waals surface area contributed by atoms with Crippen LogP contribution in [0.15, 0.2) is 48.7 Å². The maximum atomic E-state index is 12.2. The number of fused-ring (bicyclic) bond motifs is 1. The Morgan fingerprint density at radius 3 is 2.61 bits per heavy atom. The molecular weight excluding hydrogens is 228 g/mol. The van der Waals surface area contributed by atoms with E-state index in [9.17, 15) is 9.59 Å². The minimum atomic E-state index is -0.486. The Bertz CT molecular complexity index is 601. The second-order valence-corrected chi connectivity index (χ2v) is 4.32. The lowest BCUT2D eigenvalue weighted by molar-refractivity contribution is 0.0751. The van der Waals surface area contributed by atoms with Crippen LogP contribution in [0.1, 0.15) is 20.8 Å². The van der Waals surface area contributed by atoms with Crippen molar-refractivity contribution in [3.05, 3.63) is 59.9 Å². The molecule has 1 atom stereocenters. The molecule has 0 fully saturated rings. The fraction of sp³-hybridized carbons (Fsp3) is 0.143. The highest BCUT2D eigenvalue weighted by molar-refractivity contribution is 6.04. The van der Waals surface area contributed by atoms with E-state index in [1.165, 1.54) is 4.57 Å². The molecule has 0 saturated heterocycles. The van der Waals surface area contributed by atoms with Gasteiger partial charge in [-0.15, -0.1) is 0 Å². The van der Waals surface area contributed by atoms with Crippen LogP contribution in [0.4, 0.5) is 0 Å². The van der Waals surface area contributed by atoms with Gasteiger partial charge in [0.05, 0.1) is 0 Å². The van der Waals surface area contributed by atoms with E-state index in [4.69, 9.17) is 0 Å². The van der Waals surface area contributed by atoms with E-state index in [1.54, 1.807) is 18.3 Å². The summed E-state index contributed by atoms with van der Waals surface area (Å²) < 4.78 is 1.42. The summed E-state index contributed by atoms with van der Waals surface area (Å²) in [4.78, 5) is 24.0. The number of benzene rings is 1. The van der Waals surface area contributed by atoms with Crippen molar-refractivity contribution < 1.29 is 9.59 Å². The Labute approximate surface area is 104 Å². The molecule has 2 aromatic rings. The van der Waals surface area contributed by atoms with Crippen LogP contribution in [0.2, 0.25) is 0 Å². The maximum absolute atomic E-state index is 12.2. The Morgan fingerprint density at radius 2 is 1.83 bits per heavy atom. The fourth-order valence-corrected chi connectivity index (χ4v) is 2.21. The Morgan fingerprint density at radius 1 is 1.06 bits per heavy atom. The van der Waals surface area contributed by atoms with Gasteiger partial charge in [-0.2, -0.15) is 0 Å². The summed E-state index contributed by atoms with van der Waals surface area (Å²) in [7, 11) is 0. The van der Waals surface area contributed by atoms with Crippen molar-refractivity contribution in [2.45, 2.75) is 12.5 Å². The molecule has 1 aliphatic rings. The number of nitrogens with zero attached hydrogens (tertiary/aromatic N) is 1. The van der Waals surface area contributed by atoms with Gasteiger partial charge in [0, 0.05) is 12.6 Å². The zero-order valence-corrected chi connectivity index (χ0v) is 9.67. The lowest BCUT2D eigenvalue weighted by atomic mass is 10.0. The van der Waals surface area contributed by atoms with Crippen molar-refractivity contribution in [1.82, 2.24) is 9.88 Å². The Hall–Kier alpha value is -2.36. The van der Waals surface area contributed by atoms with Crippen LogP contribution in [0.3, 0.4) is 0 Å². The van der Waals surface area contributed by atoms with Crippen molar-refractivity contribution in [3.63, 3.8) is 0 Å². The van der Waals surface area contributed by atoms with Gasteiger partial charge < -0.3 is 5.32 Å². The van der Waals surface area contributed by atoms with Gasteiger partial charge in [-0.05, 0) is 17.7 Å². The van der Waals surface area contributed by atoms with Crippen LogP contribution in [0.25, 0.3) is 0 Å². The highest BCUT2D eigenvalue weighted by atomic mass is 16.2. The molecule has 90 valence electrons. The van der Waals surface area contributed by atoms with Crippen LogP contribution in [-0.2, 0) is 6.42 Å². The number of carbonyl (C=O) groups excluding carboxylic acids is 2. The highest BCUT2D eigenvalue weighted by Crippen LogP contribution is 2.13. The molecule has 1 N–H and O–H groups in total. The van der Waals surface area contributed by atoms with E-state index in [0.717, 1.165) is 5.56 Å². The topological polar surface area (TPSA) is 51.1 Å². The molecule has 1 aliphatic heterocycles. The SMILES string of the molecule is O=C1NC(Cc2ccccc2)C(=O)n2cccc21. The van der Waals surface area contributed by atoms with Crippen molar-refractivity contribution in [2.24, 2.45) is 0 Å². The number of aromatic nitrogens is 1. The first-order valence-corrected chi connectivity index (χ1v) is 5.82. The first-order chi connectivity index (χ1) is 8.75. The molecule has 1 amide bonds. The molecular formula is C14H12N2O2. The van der Waals surface area contributed by atoms with Crippen LogP contribution >= 0.6 is 0 Å². The van der Waals surface area contributed by atoms with Crippen LogP contribution in [0, 0.1) is 0 Å². The smallest absolute Gasteiger partial charge is 0.269 e. The van der Waals surface area contributed by atoms with Gasteiger partial charge in [-0.3, -0.25) is 14.2 Å². The van der Waals surface area contributed by atoms with Gasteiger partial charge in [-0.1, -0.05) is 30.3 Å². The lowest BCUT2D eigenvalue weighted by Gasteiger charge is -2.24. The van der Waals surface area contributed by atoms with Gasteiger partial charge >= 0.3 is 0 Å². The third-order valence-electron chi connectivity index (χ3n) is 3.10. The monoisotopic (exact) mass is 240 g/mol. The van der Waals surface area contributed by atoms with Crippen LogP contribution in [-0.4, -0.2) is 22.4 Å². The molecule has 1 aromatic carbocycles. The van der Waals surface area contributed by atoms with Gasteiger partial charge in [-0.25, -0.2) is 0 Å². The predicted octanol–water partition coefficient (Wildman–Crippen LogP) is 1.48. The summed E-state index contributed by atoms with van der Waals surface area (Å²) in [5.41, 5.74) is 1.44. The molecule has 0 spiro atoms. The molecule has 4 heteroatoms. The van der Waals surface area contributed by atoms with Gasteiger partial charge in [0.25, 0.3) is 11.8 Å². The minimum Gasteiger partial charge on any atom is -0.339 e. The van der Waals surface area contributed by atoms with Crippen molar-refractivity contribution in [3.8, 4) is 0 Å². The molecule has 0 aliphatic carbocycles. The van der Waals surface area contributed by atoms with E-state index < -0.39 is 6.04 Å². The summed E-state index contributed by atoms with van der Waals surface area (Å²) in [6.07, 6.45) is 2.15. The second-order valence-electron chi connectivity index (χ2n) is 4.32. The quantitative estimate of drug-likeness (QED) is 0.864. The van der Waals surface area contributed by atoms with E-state index in [2.05, 4.69) is 5.32 Å². The van der Waals surface area contributed by atoms with Crippen LogP contribution in [0.5, 0.6) is 0 Å². The average molecular weight is 240 g/mol. The molecule has 18 heavy (non-hydrogen) atoms. The number of hydrogen-bond acceptors (Lipinski definition) is 2. The number of amides is 1. The lowest BCUT2D eigenvalue weighted by Crippen LogP contribution is -2.50. The fourth-order valence-electron chi connectivity index (χ4n) is 2.21. The number of carbonyl (C=O) groups is 2.